The zero-order valence-corrected chi connectivity index (χ0v) is 20.5. The van der Waals surface area contributed by atoms with Crippen molar-refractivity contribution in [1.82, 2.24) is 0 Å². The number of ether oxygens (including phenoxy) is 2. The van der Waals surface area contributed by atoms with Gasteiger partial charge in [0.05, 0.1) is 22.8 Å². The molecule has 2 aromatic rings. The number of rotatable bonds is 9. The normalized spacial score (nSPS) is 11.9. The van der Waals surface area contributed by atoms with Crippen LogP contribution >= 0.6 is 11.6 Å². The average Bonchev–Trinajstić information content (AvgIpc) is 2.74. The lowest BCUT2D eigenvalue weighted by atomic mass is 10.1. The third-order valence-corrected chi connectivity index (χ3v) is 6.84. The molecule has 0 unspecified atom stereocenters. The number of benzene rings is 2. The van der Waals surface area contributed by atoms with Crippen LogP contribution in [0.4, 0.5) is 0 Å². The first-order valence-corrected chi connectivity index (χ1v) is 12.7. The fourth-order valence-electron chi connectivity index (χ4n) is 3.03. The molecule has 0 aliphatic heterocycles. The first-order chi connectivity index (χ1) is 15.2. The molecular weight excluding hydrogens is 448 g/mol. The van der Waals surface area contributed by atoms with E-state index in [1.807, 2.05) is 20.8 Å². The molecule has 0 spiro atoms. The Labute approximate surface area is 196 Å². The minimum atomic E-state index is -3.35. The number of carbonyl (C=O) groups excluding carboxylic acids is 1. The van der Waals surface area contributed by atoms with Crippen molar-refractivity contribution in [3.63, 3.8) is 0 Å². The highest BCUT2D eigenvalue weighted by molar-refractivity contribution is 7.91. The van der Waals surface area contributed by atoms with Crippen LogP contribution in [0.2, 0.25) is 5.02 Å². The molecule has 0 aromatic heterocycles. The number of sulfone groups is 1. The summed E-state index contributed by atoms with van der Waals surface area (Å²) in [5.41, 5.74) is 1.96. The second-order valence-corrected chi connectivity index (χ2v) is 9.88. The smallest absolute Gasteiger partial charge is 0.347 e. The van der Waals surface area contributed by atoms with E-state index >= 15 is 0 Å². The fraction of sp³-hybridized carbons (Fsp3) is 0.400. The van der Waals surface area contributed by atoms with Crippen LogP contribution < -0.4 is 4.74 Å². The third-order valence-electron chi connectivity index (χ3n) is 4.68. The van der Waals surface area contributed by atoms with Crippen LogP contribution in [0.1, 0.15) is 56.7 Å². The highest BCUT2D eigenvalue weighted by Gasteiger charge is 2.22. The zero-order valence-electron chi connectivity index (χ0n) is 18.9. The van der Waals surface area contributed by atoms with Crippen LogP contribution in [0.15, 0.2) is 41.3 Å². The quantitative estimate of drug-likeness (QED) is 0.360. The van der Waals surface area contributed by atoms with Crippen LogP contribution in [0.5, 0.6) is 5.75 Å². The zero-order chi connectivity index (χ0) is 23.7. The van der Waals surface area contributed by atoms with Gasteiger partial charge < -0.3 is 9.47 Å². The Morgan fingerprint density at radius 3 is 2.41 bits per heavy atom. The molecule has 0 N–H and O–H groups in total. The van der Waals surface area contributed by atoms with E-state index in [0.29, 0.717) is 34.7 Å². The molecule has 0 aliphatic rings. The molecule has 1 atom stereocenters. The van der Waals surface area contributed by atoms with Gasteiger partial charge in [0.15, 0.2) is 15.9 Å². The Morgan fingerprint density at radius 2 is 1.75 bits per heavy atom. The van der Waals surface area contributed by atoms with E-state index in [1.54, 1.807) is 43.3 Å². The lowest BCUT2D eigenvalue weighted by Gasteiger charge is -2.18. The summed E-state index contributed by atoms with van der Waals surface area (Å²) in [5, 5.41) is 0.473. The molecule has 0 fully saturated rings. The second kappa shape index (κ2) is 11.9. The monoisotopic (exact) mass is 476 g/mol. The van der Waals surface area contributed by atoms with Gasteiger partial charge in [-0.3, -0.25) is 0 Å². The van der Waals surface area contributed by atoms with E-state index < -0.39 is 21.9 Å². The van der Waals surface area contributed by atoms with E-state index in [-0.39, 0.29) is 17.3 Å². The largest absolute Gasteiger partial charge is 0.477 e. The maximum Gasteiger partial charge on any atom is 0.347 e. The molecule has 32 heavy (non-hydrogen) atoms. The summed E-state index contributed by atoms with van der Waals surface area (Å²) in [5.74, 6) is 6.16. The van der Waals surface area contributed by atoms with E-state index in [1.165, 1.54) is 0 Å². The predicted octanol–water partition coefficient (Wildman–Crippen LogP) is 5.34. The molecule has 0 aliphatic carbocycles. The summed E-state index contributed by atoms with van der Waals surface area (Å²) in [7, 11) is -3.35. The van der Waals surface area contributed by atoms with Crippen LogP contribution in [0.3, 0.4) is 0 Å². The standard InChI is InChI=1S/C25H29ClO5S/c1-5-8-24(25(27)30-7-3)31-23-14-12-21(26)16-20(23)11-10-19-17-22(13-9-18(19)4)32(28,29)15-6-2/h9,12-14,16-17,24H,5-8,15H2,1-4H3/t24-/m0/s1. The Bertz CT molecular complexity index is 1110. The second-order valence-electron chi connectivity index (χ2n) is 7.33. The highest BCUT2D eigenvalue weighted by atomic mass is 35.5. The highest BCUT2D eigenvalue weighted by Crippen LogP contribution is 2.25. The van der Waals surface area contributed by atoms with Crippen LogP contribution in [-0.4, -0.2) is 32.9 Å². The molecule has 2 aromatic carbocycles. The van der Waals surface area contributed by atoms with Gasteiger partial charge in [0.25, 0.3) is 0 Å². The molecule has 0 bridgehead atoms. The Morgan fingerprint density at radius 1 is 1.03 bits per heavy atom. The van der Waals surface area contributed by atoms with Crippen LogP contribution in [-0.2, 0) is 19.4 Å². The van der Waals surface area contributed by atoms with E-state index in [2.05, 4.69) is 11.8 Å². The molecule has 5 nitrogen and oxygen atoms in total. The van der Waals surface area contributed by atoms with Crippen molar-refractivity contribution in [2.75, 3.05) is 12.4 Å². The van der Waals surface area contributed by atoms with Gasteiger partial charge in [0.2, 0.25) is 0 Å². The third kappa shape index (κ3) is 7.01. The average molecular weight is 477 g/mol. The minimum absolute atomic E-state index is 0.0852. The SMILES string of the molecule is CCC[C@H](Oc1ccc(Cl)cc1C#Cc1cc(S(=O)(=O)CCC)ccc1C)C(=O)OCC. The number of hydrogen-bond donors (Lipinski definition) is 0. The van der Waals surface area contributed by atoms with Gasteiger partial charge in [-0.05, 0) is 62.6 Å². The van der Waals surface area contributed by atoms with Gasteiger partial charge in [-0.15, -0.1) is 0 Å². The molecular formula is C25H29ClO5S. The molecule has 0 radical (unpaired) electrons. The van der Waals surface area contributed by atoms with Gasteiger partial charge in [-0.2, -0.15) is 0 Å². The van der Waals surface area contributed by atoms with Gasteiger partial charge in [-0.1, -0.05) is 49.8 Å². The number of esters is 1. The van der Waals surface area contributed by atoms with Crippen molar-refractivity contribution in [3.8, 4) is 17.6 Å². The Hall–Kier alpha value is -2.49. The molecule has 0 heterocycles. The molecule has 172 valence electrons. The van der Waals surface area contributed by atoms with Gasteiger partial charge in [0, 0.05) is 10.6 Å². The molecule has 0 saturated heterocycles. The van der Waals surface area contributed by atoms with E-state index in [4.69, 9.17) is 21.1 Å². The van der Waals surface area contributed by atoms with Crippen LogP contribution in [0.25, 0.3) is 0 Å². The molecule has 2 rings (SSSR count). The fourth-order valence-corrected chi connectivity index (χ4v) is 4.55. The van der Waals surface area contributed by atoms with E-state index in [9.17, 15) is 13.2 Å². The topological polar surface area (TPSA) is 69.7 Å². The number of hydrogen-bond acceptors (Lipinski definition) is 5. The summed E-state index contributed by atoms with van der Waals surface area (Å²) in [6.45, 7) is 7.67. The van der Waals surface area contributed by atoms with Crippen molar-refractivity contribution in [2.24, 2.45) is 0 Å². The summed E-state index contributed by atoms with van der Waals surface area (Å²) in [6.07, 6.45) is 1.05. The minimum Gasteiger partial charge on any atom is -0.477 e. The van der Waals surface area contributed by atoms with E-state index in [0.717, 1.165) is 12.0 Å². The lowest BCUT2D eigenvalue weighted by Crippen LogP contribution is -2.29. The number of halogens is 1. The van der Waals surface area contributed by atoms with Crippen LogP contribution in [0, 0.1) is 18.8 Å². The number of aryl methyl sites for hydroxylation is 1. The summed E-state index contributed by atoms with van der Waals surface area (Å²) >= 11 is 6.17. The van der Waals surface area contributed by atoms with Crippen molar-refractivity contribution in [1.29, 1.82) is 0 Å². The first kappa shape index (κ1) is 25.8. The maximum atomic E-state index is 12.4. The predicted molar refractivity (Wildman–Crippen MR) is 127 cm³/mol. The first-order valence-electron chi connectivity index (χ1n) is 10.7. The maximum absolute atomic E-state index is 12.4. The van der Waals surface area contributed by atoms with Gasteiger partial charge >= 0.3 is 5.97 Å². The Balaban J connectivity index is 2.43. The summed E-state index contributed by atoms with van der Waals surface area (Å²) in [6, 6.07) is 9.94. The van der Waals surface area contributed by atoms with Crippen molar-refractivity contribution >= 4 is 27.4 Å². The molecule has 0 amide bonds. The molecule has 0 saturated carbocycles. The van der Waals surface area contributed by atoms with Crippen molar-refractivity contribution in [2.45, 2.75) is 58.0 Å². The van der Waals surface area contributed by atoms with Crippen molar-refractivity contribution < 1.29 is 22.7 Å². The Kier molecular flexibility index (Phi) is 9.61. The van der Waals surface area contributed by atoms with Gasteiger partial charge in [0.1, 0.15) is 5.75 Å². The molecule has 7 heteroatoms. The van der Waals surface area contributed by atoms with Crippen molar-refractivity contribution in [3.05, 3.63) is 58.1 Å². The summed E-state index contributed by atoms with van der Waals surface area (Å²) in [4.78, 5) is 12.5. The lowest BCUT2D eigenvalue weighted by molar-refractivity contribution is -0.151. The summed E-state index contributed by atoms with van der Waals surface area (Å²) < 4.78 is 36.0. The van der Waals surface area contributed by atoms with Gasteiger partial charge in [-0.25, -0.2) is 13.2 Å². The number of carbonyl (C=O) groups is 1.